The molecule has 0 radical (unpaired) electrons. The third-order valence-corrected chi connectivity index (χ3v) is 1.04. The molecule has 0 bridgehead atoms. The van der Waals surface area contributed by atoms with Crippen LogP contribution in [-0.2, 0) is 14.5 Å². The number of hydroxylamine groups is 3. The van der Waals surface area contributed by atoms with E-state index in [1.807, 2.05) is 0 Å². The van der Waals surface area contributed by atoms with Crippen molar-refractivity contribution in [2.45, 2.75) is 0 Å². The fraction of sp³-hybridized carbons (Fsp3) is 1.00. The van der Waals surface area contributed by atoms with Crippen LogP contribution in [0.1, 0.15) is 0 Å². The Morgan fingerprint density at radius 3 is 1.80 bits per heavy atom. The number of rotatable bonds is 4. The van der Waals surface area contributed by atoms with E-state index >= 15 is 0 Å². The molecule has 0 fully saturated rings. The van der Waals surface area contributed by atoms with Crippen molar-refractivity contribution in [1.82, 2.24) is 0 Å². The van der Waals surface area contributed by atoms with Gasteiger partial charge in [0.05, 0.1) is 4.97 Å². The van der Waals surface area contributed by atoms with Gasteiger partial charge < -0.3 is 12.4 Å². The van der Waals surface area contributed by atoms with Gasteiger partial charge in [-0.3, -0.25) is 0 Å². The van der Waals surface area contributed by atoms with Crippen LogP contribution in [0, 0.1) is 0 Å². The molecule has 0 aliphatic heterocycles. The average molecular weight is 192 g/mol. The number of alkyl halides is 1. The number of hydrogen-bond donors (Lipinski definition) is 0. The molecule has 0 aromatic carbocycles. The summed E-state index contributed by atoms with van der Waals surface area (Å²) in [5.74, 6) is 0. The molecule has 0 spiro atoms. The minimum Gasteiger partial charge on any atom is -1.00 e. The number of nitrogens with zero attached hydrogens (tertiary/aromatic N) is 1. The minimum atomic E-state index is -0.399. The van der Waals surface area contributed by atoms with E-state index in [0.29, 0.717) is 0 Å². The summed E-state index contributed by atoms with van der Waals surface area (Å²) in [6, 6.07) is 0.0260. The Labute approximate surface area is 71.5 Å². The second-order valence-corrected chi connectivity index (χ2v) is 1.59. The molecule has 64 valence electrons. The summed E-state index contributed by atoms with van der Waals surface area (Å²) in [4.78, 5) is 13.9. The first-order valence-electron chi connectivity index (χ1n) is 2.37. The molecule has 0 rings (SSSR count). The van der Waals surface area contributed by atoms with Gasteiger partial charge >= 0.3 is 0 Å². The molecule has 0 heterocycles. The minimum absolute atomic E-state index is 0. The molecular formula is C4H11Cl2NO3. The van der Waals surface area contributed by atoms with Gasteiger partial charge in [0.15, 0.2) is 13.1 Å². The molecule has 10 heavy (non-hydrogen) atoms. The lowest BCUT2D eigenvalue weighted by atomic mass is 11.4. The molecule has 0 saturated heterocycles. The van der Waals surface area contributed by atoms with Crippen LogP contribution < -0.4 is 12.4 Å². The summed E-state index contributed by atoms with van der Waals surface area (Å²) in [5, 5.41) is 0. The van der Waals surface area contributed by atoms with Gasteiger partial charge in [-0.25, -0.2) is 0 Å². The van der Waals surface area contributed by atoms with E-state index < -0.39 is 4.97 Å². The Balaban J connectivity index is 0. The standard InChI is InChI=1S/C4H11ClNO3.ClH/c1-6(7-2,8-3)9-4-5;/h4H2,1-3H3;1H/q+1;/p-1. The van der Waals surface area contributed by atoms with Crippen LogP contribution in [0.3, 0.4) is 0 Å². The van der Waals surface area contributed by atoms with Crippen LogP contribution in [-0.4, -0.2) is 32.3 Å². The second-order valence-electron chi connectivity index (χ2n) is 1.37. The average Bonchev–Trinajstić information content (AvgIpc) is 1.89. The van der Waals surface area contributed by atoms with Crippen LogP contribution >= 0.6 is 11.6 Å². The Kier molecular flexibility index (Phi) is 8.02. The van der Waals surface area contributed by atoms with Crippen LogP contribution in [0.5, 0.6) is 0 Å². The zero-order valence-corrected chi connectivity index (χ0v) is 7.65. The first kappa shape index (κ1) is 13.0. The summed E-state index contributed by atoms with van der Waals surface area (Å²) >= 11 is 5.25. The summed E-state index contributed by atoms with van der Waals surface area (Å²) in [6.45, 7) is 0. The van der Waals surface area contributed by atoms with Crippen molar-refractivity contribution in [3.05, 3.63) is 0 Å². The summed E-state index contributed by atoms with van der Waals surface area (Å²) in [6.07, 6.45) is 0. The quantitative estimate of drug-likeness (QED) is 0.284. The van der Waals surface area contributed by atoms with E-state index in [1.165, 1.54) is 14.2 Å². The molecular weight excluding hydrogens is 181 g/mol. The Morgan fingerprint density at radius 1 is 1.30 bits per heavy atom. The lowest BCUT2D eigenvalue weighted by molar-refractivity contribution is -1.35. The molecule has 6 heteroatoms. The summed E-state index contributed by atoms with van der Waals surface area (Å²) in [5.41, 5.74) is 0. The molecule has 0 aliphatic rings. The van der Waals surface area contributed by atoms with E-state index in [2.05, 4.69) is 0 Å². The van der Waals surface area contributed by atoms with Gasteiger partial charge in [-0.1, -0.05) is 11.6 Å². The van der Waals surface area contributed by atoms with Crippen molar-refractivity contribution >= 4 is 11.6 Å². The highest BCUT2D eigenvalue weighted by atomic mass is 35.5. The molecule has 0 N–H and O–H groups in total. The van der Waals surface area contributed by atoms with Crippen LogP contribution in [0.25, 0.3) is 0 Å². The zero-order valence-electron chi connectivity index (χ0n) is 6.13. The van der Waals surface area contributed by atoms with Crippen molar-refractivity contribution < 1.29 is 31.9 Å². The third-order valence-electron chi connectivity index (χ3n) is 0.947. The van der Waals surface area contributed by atoms with Crippen molar-refractivity contribution in [1.29, 1.82) is 0 Å². The van der Waals surface area contributed by atoms with Gasteiger partial charge in [0, 0.05) is 0 Å². The predicted octanol–water partition coefficient (Wildman–Crippen LogP) is -2.31. The molecule has 0 aliphatic carbocycles. The SMILES string of the molecule is CO[N+](C)(OC)OCCl.[Cl-]. The largest absolute Gasteiger partial charge is 1.00 e. The van der Waals surface area contributed by atoms with E-state index in [1.54, 1.807) is 7.05 Å². The normalized spacial score (nSPS) is 10.8. The van der Waals surface area contributed by atoms with E-state index in [0.717, 1.165) is 0 Å². The predicted molar refractivity (Wildman–Crippen MR) is 32.0 cm³/mol. The lowest BCUT2D eigenvalue weighted by Crippen LogP contribution is -3.00. The van der Waals surface area contributed by atoms with Crippen LogP contribution in [0.4, 0.5) is 0 Å². The van der Waals surface area contributed by atoms with Gasteiger partial charge in [-0.15, -0.1) is 14.5 Å². The molecule has 0 atom stereocenters. The zero-order chi connectivity index (χ0) is 7.33. The third kappa shape index (κ3) is 4.27. The number of halogens is 2. The van der Waals surface area contributed by atoms with Crippen molar-refractivity contribution in [3.63, 3.8) is 0 Å². The first-order chi connectivity index (χ1) is 4.18. The van der Waals surface area contributed by atoms with Gasteiger partial charge in [0.25, 0.3) is 0 Å². The smallest absolute Gasteiger partial charge is 0.188 e. The molecule has 0 aromatic rings. The Hall–Kier alpha value is 0.420. The van der Waals surface area contributed by atoms with E-state index in [4.69, 9.17) is 26.1 Å². The number of hydrogen-bond acceptors (Lipinski definition) is 3. The molecule has 0 aromatic heterocycles. The van der Waals surface area contributed by atoms with Gasteiger partial charge in [-0.05, 0) is 0 Å². The highest BCUT2D eigenvalue weighted by Crippen LogP contribution is 2.03. The molecule has 4 nitrogen and oxygen atoms in total. The van der Waals surface area contributed by atoms with E-state index in [-0.39, 0.29) is 18.5 Å². The highest BCUT2D eigenvalue weighted by molar-refractivity contribution is 6.16. The van der Waals surface area contributed by atoms with Crippen molar-refractivity contribution in [2.24, 2.45) is 0 Å². The second kappa shape index (κ2) is 6.15. The lowest BCUT2D eigenvalue weighted by Gasteiger charge is -2.20. The topological polar surface area (TPSA) is 27.7 Å². The highest BCUT2D eigenvalue weighted by Gasteiger charge is 2.23. The van der Waals surface area contributed by atoms with Crippen molar-refractivity contribution in [2.75, 3.05) is 27.3 Å². The monoisotopic (exact) mass is 191 g/mol. The summed E-state index contributed by atoms with van der Waals surface area (Å²) in [7, 11) is 4.48. The maximum Gasteiger partial charge on any atom is 0.188 e. The van der Waals surface area contributed by atoms with Gasteiger partial charge in [0.2, 0.25) is 0 Å². The fourth-order valence-corrected chi connectivity index (χ4v) is 0.446. The van der Waals surface area contributed by atoms with E-state index in [9.17, 15) is 0 Å². The Bertz CT molecular complexity index is 78.9. The first-order valence-corrected chi connectivity index (χ1v) is 2.90. The van der Waals surface area contributed by atoms with Gasteiger partial charge in [-0.2, -0.15) is 0 Å². The summed E-state index contributed by atoms with van der Waals surface area (Å²) < 4.78 is 0. The maximum atomic E-state index is 5.25. The number of quaternary nitrogens is 1. The van der Waals surface area contributed by atoms with Crippen LogP contribution in [0.15, 0.2) is 0 Å². The Morgan fingerprint density at radius 2 is 1.70 bits per heavy atom. The molecule has 0 amide bonds. The van der Waals surface area contributed by atoms with Gasteiger partial charge in [0.1, 0.15) is 14.2 Å². The maximum absolute atomic E-state index is 5.25. The van der Waals surface area contributed by atoms with Crippen LogP contribution in [0.2, 0.25) is 0 Å². The molecule has 0 unspecified atom stereocenters. The molecule has 0 saturated carbocycles. The van der Waals surface area contributed by atoms with Crippen molar-refractivity contribution in [3.8, 4) is 0 Å². The fourth-order valence-electron chi connectivity index (χ4n) is 0.269.